The highest BCUT2D eigenvalue weighted by molar-refractivity contribution is 5.81. The first kappa shape index (κ1) is 14.5. The Morgan fingerprint density at radius 1 is 1.46 bits per heavy atom. The summed E-state index contributed by atoms with van der Waals surface area (Å²) in [6, 6.07) is 0. The van der Waals surface area contributed by atoms with Crippen LogP contribution in [-0.2, 0) is 9.53 Å². The molecule has 78 valence electrons. The molecule has 0 aliphatic heterocycles. The lowest BCUT2D eigenvalue weighted by Gasteiger charge is -1.97. The van der Waals surface area contributed by atoms with Crippen molar-refractivity contribution in [3.05, 3.63) is 12.2 Å². The minimum Gasteiger partial charge on any atom is -0.463 e. The molecule has 0 aliphatic carbocycles. The van der Waals surface area contributed by atoms with E-state index >= 15 is 0 Å². The van der Waals surface area contributed by atoms with Crippen molar-refractivity contribution in [2.75, 3.05) is 13.7 Å². The summed E-state index contributed by atoms with van der Waals surface area (Å²) in [5.74, 6) is -0.982. The summed E-state index contributed by atoms with van der Waals surface area (Å²) in [6.07, 6.45) is -4.26. The van der Waals surface area contributed by atoms with E-state index in [9.17, 15) is 18.0 Å². The van der Waals surface area contributed by atoms with Crippen LogP contribution in [0.15, 0.2) is 12.2 Å². The van der Waals surface area contributed by atoms with Crippen LogP contribution in [0.3, 0.4) is 0 Å². The molecule has 0 amide bonds. The first-order valence-electron chi connectivity index (χ1n) is 3.46. The van der Waals surface area contributed by atoms with Gasteiger partial charge in [0.25, 0.3) is 0 Å². The Balaban J connectivity index is 0. The number of alkyl halides is 3. The third-order valence-corrected chi connectivity index (χ3v) is 0.695. The Kier molecular flexibility index (Phi) is 8.47. The Morgan fingerprint density at radius 2 is 1.92 bits per heavy atom. The molecule has 0 heterocycles. The Hall–Kier alpha value is -1.04. The molecule has 0 aliphatic rings. The van der Waals surface area contributed by atoms with Gasteiger partial charge in [0.15, 0.2) is 0 Å². The fraction of sp³-hybridized carbons (Fsp3) is 0.571. The van der Waals surface area contributed by atoms with Gasteiger partial charge in [-0.3, -0.25) is 0 Å². The van der Waals surface area contributed by atoms with Crippen molar-refractivity contribution in [2.45, 2.75) is 13.1 Å². The summed E-state index contributed by atoms with van der Waals surface area (Å²) >= 11 is 0. The molecule has 0 rings (SSSR count). The Labute approximate surface area is 74.4 Å². The van der Waals surface area contributed by atoms with Gasteiger partial charge >= 0.3 is 12.1 Å². The van der Waals surface area contributed by atoms with Crippen molar-refractivity contribution in [3.63, 3.8) is 0 Å². The molecule has 0 unspecified atom stereocenters. The number of esters is 1. The molecule has 0 aromatic carbocycles. The topological polar surface area (TPSA) is 52.3 Å². The van der Waals surface area contributed by atoms with Gasteiger partial charge in [0.2, 0.25) is 0 Å². The lowest BCUT2D eigenvalue weighted by molar-refractivity contribution is -0.137. The average Bonchev–Trinajstić information content (AvgIpc) is 2.04. The zero-order valence-electron chi connectivity index (χ0n) is 7.39. The smallest absolute Gasteiger partial charge is 0.410 e. The second-order valence-corrected chi connectivity index (χ2v) is 1.63. The van der Waals surface area contributed by atoms with Crippen LogP contribution < -0.4 is 5.73 Å². The lowest BCUT2D eigenvalue weighted by Crippen LogP contribution is -2.05. The largest absolute Gasteiger partial charge is 0.463 e. The molecule has 0 bridgehead atoms. The summed E-state index contributed by atoms with van der Waals surface area (Å²) in [5, 5.41) is 0. The van der Waals surface area contributed by atoms with E-state index in [4.69, 9.17) is 0 Å². The summed E-state index contributed by atoms with van der Waals surface area (Å²) in [7, 11) is 1.50. The van der Waals surface area contributed by atoms with Gasteiger partial charge in [-0.25, -0.2) is 4.79 Å². The van der Waals surface area contributed by atoms with E-state index in [-0.39, 0.29) is 12.7 Å². The maximum absolute atomic E-state index is 11.4. The van der Waals surface area contributed by atoms with Crippen molar-refractivity contribution >= 4 is 5.97 Å². The molecule has 0 spiro atoms. The van der Waals surface area contributed by atoms with Crippen molar-refractivity contribution in [1.29, 1.82) is 0 Å². The number of ether oxygens (including phenoxy) is 1. The molecule has 0 fully saturated rings. The molecule has 0 saturated heterocycles. The minimum atomic E-state index is -4.45. The van der Waals surface area contributed by atoms with Gasteiger partial charge in [-0.2, -0.15) is 13.2 Å². The predicted octanol–water partition coefficient (Wildman–Crippen LogP) is 1.24. The van der Waals surface area contributed by atoms with Crippen LogP contribution in [0, 0.1) is 0 Å². The van der Waals surface area contributed by atoms with Gasteiger partial charge in [0, 0.05) is 12.2 Å². The molecule has 0 aromatic rings. The first-order valence-corrected chi connectivity index (χ1v) is 3.46. The number of carbonyl (C=O) groups is 1. The van der Waals surface area contributed by atoms with Gasteiger partial charge in [0.1, 0.15) is 0 Å². The minimum absolute atomic E-state index is 0.0705. The van der Waals surface area contributed by atoms with E-state index in [1.54, 1.807) is 0 Å². The summed E-state index contributed by atoms with van der Waals surface area (Å²) in [4.78, 5) is 10.3. The average molecular weight is 199 g/mol. The molecular weight excluding hydrogens is 187 g/mol. The van der Waals surface area contributed by atoms with Gasteiger partial charge in [0.05, 0.1) is 6.61 Å². The van der Waals surface area contributed by atoms with Crippen molar-refractivity contribution in [1.82, 2.24) is 0 Å². The normalized spacial score (nSPS) is 10.6. The molecule has 3 nitrogen and oxygen atoms in total. The fourth-order valence-corrected chi connectivity index (χ4v) is 0.353. The molecule has 0 saturated carbocycles. The van der Waals surface area contributed by atoms with Crippen LogP contribution in [0.25, 0.3) is 0 Å². The molecule has 0 aromatic heterocycles. The van der Waals surface area contributed by atoms with Crippen LogP contribution in [0.4, 0.5) is 13.2 Å². The van der Waals surface area contributed by atoms with Crippen LogP contribution in [0.1, 0.15) is 6.92 Å². The maximum atomic E-state index is 11.4. The van der Waals surface area contributed by atoms with E-state index < -0.39 is 12.1 Å². The van der Waals surface area contributed by atoms with Gasteiger partial charge in [-0.15, -0.1) is 0 Å². The number of carbonyl (C=O) groups excluding carboxylic acids is 1. The SMILES string of the molecule is CCOC(=O)/C=C/C(F)(F)F.CN. The number of halogens is 3. The highest BCUT2D eigenvalue weighted by atomic mass is 19.4. The van der Waals surface area contributed by atoms with Crippen LogP contribution in [-0.4, -0.2) is 25.8 Å². The molecule has 0 atom stereocenters. The quantitative estimate of drug-likeness (QED) is 0.537. The molecule has 13 heavy (non-hydrogen) atoms. The van der Waals surface area contributed by atoms with E-state index in [1.165, 1.54) is 14.0 Å². The van der Waals surface area contributed by atoms with Gasteiger partial charge in [-0.05, 0) is 14.0 Å². The van der Waals surface area contributed by atoms with E-state index in [1.807, 2.05) is 0 Å². The molecular formula is C7H12F3NO2. The monoisotopic (exact) mass is 199 g/mol. The van der Waals surface area contributed by atoms with Gasteiger partial charge in [-0.1, -0.05) is 0 Å². The zero-order chi connectivity index (χ0) is 10.9. The summed E-state index contributed by atoms with van der Waals surface area (Å²) < 4.78 is 38.3. The summed E-state index contributed by atoms with van der Waals surface area (Å²) in [6.45, 7) is 1.58. The van der Waals surface area contributed by atoms with Crippen LogP contribution in [0.5, 0.6) is 0 Å². The van der Waals surface area contributed by atoms with E-state index in [0.29, 0.717) is 6.08 Å². The number of hydrogen-bond donors (Lipinski definition) is 1. The number of allylic oxidation sites excluding steroid dienone is 1. The highest BCUT2D eigenvalue weighted by Crippen LogP contribution is 2.15. The third-order valence-electron chi connectivity index (χ3n) is 0.695. The molecule has 2 N–H and O–H groups in total. The van der Waals surface area contributed by atoms with E-state index in [0.717, 1.165) is 0 Å². The predicted molar refractivity (Wildman–Crippen MR) is 41.9 cm³/mol. The van der Waals surface area contributed by atoms with E-state index in [2.05, 4.69) is 10.5 Å². The van der Waals surface area contributed by atoms with Crippen molar-refractivity contribution < 1.29 is 22.7 Å². The first-order chi connectivity index (χ1) is 5.95. The molecule has 0 radical (unpaired) electrons. The fourth-order valence-electron chi connectivity index (χ4n) is 0.353. The second-order valence-electron chi connectivity index (χ2n) is 1.63. The third kappa shape index (κ3) is 13.9. The maximum Gasteiger partial charge on any atom is 0.410 e. The number of nitrogens with two attached hydrogens (primary N) is 1. The number of rotatable bonds is 2. The van der Waals surface area contributed by atoms with Crippen LogP contribution in [0.2, 0.25) is 0 Å². The number of hydrogen-bond acceptors (Lipinski definition) is 3. The molecule has 6 heteroatoms. The van der Waals surface area contributed by atoms with Crippen LogP contribution >= 0.6 is 0 Å². The summed E-state index contributed by atoms with van der Waals surface area (Å²) in [5.41, 5.74) is 4.50. The standard InChI is InChI=1S/C6H7F3O2.CH5N/c1-2-11-5(10)3-4-6(7,8)9;1-2/h3-4H,2H2,1H3;2H2,1H3/b4-3+;. The second kappa shape index (κ2) is 7.60. The lowest BCUT2D eigenvalue weighted by atomic mass is 10.5. The zero-order valence-corrected chi connectivity index (χ0v) is 7.39. The highest BCUT2D eigenvalue weighted by Gasteiger charge is 2.22. The van der Waals surface area contributed by atoms with Crippen molar-refractivity contribution in [2.24, 2.45) is 5.73 Å². The Bertz CT molecular complexity index is 166. The van der Waals surface area contributed by atoms with Crippen molar-refractivity contribution in [3.8, 4) is 0 Å². The Morgan fingerprint density at radius 3 is 2.23 bits per heavy atom. The van der Waals surface area contributed by atoms with Gasteiger partial charge < -0.3 is 10.5 Å².